The first-order valence-corrected chi connectivity index (χ1v) is 8.04. The Bertz CT molecular complexity index is 789. The highest BCUT2D eigenvalue weighted by atomic mass is 16.5. The molecule has 1 aliphatic carbocycles. The smallest absolute Gasteiger partial charge is 0.337 e. The molecule has 1 aromatic carbocycles. The van der Waals surface area contributed by atoms with Crippen LogP contribution in [0.25, 0.3) is 11.3 Å². The molecule has 5 heteroatoms. The lowest BCUT2D eigenvalue weighted by molar-refractivity contribution is 0.0697. The molecule has 3 rings (SSSR count). The fourth-order valence-electron chi connectivity index (χ4n) is 3.08. The standard InChI is InChI=1S/C19H18N2O3/c20-11-15-10-14(18-16(19(22)23)6-3-9-21-18)7-8-17(15)24-12-13-4-1-2-5-13/h3,6-10,13H,1-2,4-5,12H2,(H,22,23). The highest BCUT2D eigenvalue weighted by Crippen LogP contribution is 2.29. The maximum atomic E-state index is 11.3. The summed E-state index contributed by atoms with van der Waals surface area (Å²) in [6, 6.07) is 10.3. The summed E-state index contributed by atoms with van der Waals surface area (Å²) in [5, 5.41) is 18.7. The first-order valence-electron chi connectivity index (χ1n) is 8.04. The largest absolute Gasteiger partial charge is 0.492 e. The number of benzene rings is 1. The molecule has 0 aliphatic heterocycles. The number of aromatic carboxylic acids is 1. The Balaban J connectivity index is 1.87. The van der Waals surface area contributed by atoms with E-state index in [9.17, 15) is 15.2 Å². The van der Waals surface area contributed by atoms with E-state index in [0.717, 1.165) is 0 Å². The van der Waals surface area contributed by atoms with Crippen molar-refractivity contribution in [3.63, 3.8) is 0 Å². The van der Waals surface area contributed by atoms with Crippen LogP contribution < -0.4 is 4.74 Å². The molecule has 1 heterocycles. The molecular formula is C19H18N2O3. The van der Waals surface area contributed by atoms with Crippen LogP contribution in [0.3, 0.4) is 0 Å². The van der Waals surface area contributed by atoms with Gasteiger partial charge in [-0.3, -0.25) is 4.98 Å². The van der Waals surface area contributed by atoms with Crippen LogP contribution in [0.2, 0.25) is 0 Å². The van der Waals surface area contributed by atoms with Gasteiger partial charge in [0, 0.05) is 11.8 Å². The van der Waals surface area contributed by atoms with Crippen LogP contribution in [0.1, 0.15) is 41.6 Å². The lowest BCUT2D eigenvalue weighted by Crippen LogP contribution is -2.09. The minimum absolute atomic E-state index is 0.112. The van der Waals surface area contributed by atoms with Crippen molar-refractivity contribution in [3.05, 3.63) is 47.7 Å². The van der Waals surface area contributed by atoms with E-state index in [0.29, 0.717) is 35.1 Å². The van der Waals surface area contributed by atoms with E-state index in [1.165, 1.54) is 31.7 Å². The molecular weight excluding hydrogens is 304 g/mol. The van der Waals surface area contributed by atoms with Crippen molar-refractivity contribution in [1.82, 2.24) is 4.98 Å². The summed E-state index contributed by atoms with van der Waals surface area (Å²) < 4.78 is 5.82. The van der Waals surface area contributed by atoms with Crippen molar-refractivity contribution in [2.24, 2.45) is 5.92 Å². The lowest BCUT2D eigenvalue weighted by atomic mass is 10.0. The van der Waals surface area contributed by atoms with Gasteiger partial charge < -0.3 is 9.84 Å². The van der Waals surface area contributed by atoms with Crippen molar-refractivity contribution in [2.75, 3.05) is 6.61 Å². The second-order valence-corrected chi connectivity index (χ2v) is 5.99. The third-order valence-electron chi connectivity index (χ3n) is 4.36. The normalized spacial score (nSPS) is 14.3. The number of ether oxygens (including phenoxy) is 1. The summed E-state index contributed by atoms with van der Waals surface area (Å²) >= 11 is 0. The predicted octanol–water partition coefficient (Wildman–Crippen LogP) is 3.89. The first kappa shape index (κ1) is 16.0. The fourth-order valence-corrected chi connectivity index (χ4v) is 3.08. The Labute approximate surface area is 140 Å². The topological polar surface area (TPSA) is 83.2 Å². The van der Waals surface area contributed by atoms with Crippen LogP contribution in [0.5, 0.6) is 5.75 Å². The number of hydrogen-bond acceptors (Lipinski definition) is 4. The quantitative estimate of drug-likeness (QED) is 0.903. The SMILES string of the molecule is N#Cc1cc(-c2ncccc2C(=O)O)ccc1OCC1CCCC1. The van der Waals surface area contributed by atoms with E-state index in [2.05, 4.69) is 11.1 Å². The van der Waals surface area contributed by atoms with Crippen LogP contribution in [-0.2, 0) is 0 Å². The monoisotopic (exact) mass is 322 g/mol. The highest BCUT2D eigenvalue weighted by molar-refractivity contribution is 5.94. The number of nitrogens with zero attached hydrogens (tertiary/aromatic N) is 2. The molecule has 0 radical (unpaired) electrons. The Hall–Kier alpha value is -2.87. The number of aromatic nitrogens is 1. The highest BCUT2D eigenvalue weighted by Gasteiger charge is 2.18. The number of rotatable bonds is 5. The molecule has 5 nitrogen and oxygen atoms in total. The van der Waals surface area contributed by atoms with E-state index in [-0.39, 0.29) is 5.56 Å². The molecule has 1 fully saturated rings. The third-order valence-corrected chi connectivity index (χ3v) is 4.36. The molecule has 2 aromatic rings. The van der Waals surface area contributed by atoms with Gasteiger partial charge in [0.25, 0.3) is 0 Å². The van der Waals surface area contributed by atoms with Gasteiger partial charge in [0.2, 0.25) is 0 Å². The predicted molar refractivity (Wildman–Crippen MR) is 88.8 cm³/mol. The number of nitriles is 1. The fraction of sp³-hybridized carbons (Fsp3) is 0.316. The molecule has 0 bridgehead atoms. The maximum Gasteiger partial charge on any atom is 0.337 e. The van der Waals surface area contributed by atoms with Crippen molar-refractivity contribution in [3.8, 4) is 23.1 Å². The zero-order valence-corrected chi connectivity index (χ0v) is 13.2. The number of hydrogen-bond donors (Lipinski definition) is 1. The van der Waals surface area contributed by atoms with E-state index >= 15 is 0 Å². The number of carboxylic acid groups (broad SMARTS) is 1. The van der Waals surface area contributed by atoms with Crippen LogP contribution >= 0.6 is 0 Å². The molecule has 0 unspecified atom stereocenters. The summed E-state index contributed by atoms with van der Waals surface area (Å²) in [7, 11) is 0. The van der Waals surface area contributed by atoms with E-state index < -0.39 is 5.97 Å². The van der Waals surface area contributed by atoms with Crippen LogP contribution in [0, 0.1) is 17.2 Å². The van der Waals surface area contributed by atoms with E-state index in [4.69, 9.17) is 4.74 Å². The van der Waals surface area contributed by atoms with Gasteiger partial charge in [0.15, 0.2) is 0 Å². The first-order chi connectivity index (χ1) is 11.7. The van der Waals surface area contributed by atoms with E-state index in [1.54, 1.807) is 30.5 Å². The zero-order chi connectivity index (χ0) is 16.9. The van der Waals surface area contributed by atoms with Crippen LogP contribution in [0.4, 0.5) is 0 Å². The molecule has 24 heavy (non-hydrogen) atoms. The Morgan fingerprint density at radius 3 is 2.83 bits per heavy atom. The molecule has 1 N–H and O–H groups in total. The average Bonchev–Trinajstić information content (AvgIpc) is 3.13. The molecule has 0 atom stereocenters. The number of carbonyl (C=O) groups is 1. The summed E-state index contributed by atoms with van der Waals surface area (Å²) in [5.74, 6) is 0.0600. The molecule has 0 spiro atoms. The molecule has 122 valence electrons. The van der Waals surface area contributed by atoms with Crippen molar-refractivity contribution < 1.29 is 14.6 Å². The summed E-state index contributed by atoms with van der Waals surface area (Å²) in [6.45, 7) is 0.623. The van der Waals surface area contributed by atoms with Crippen molar-refractivity contribution in [1.29, 1.82) is 5.26 Å². The van der Waals surface area contributed by atoms with Crippen molar-refractivity contribution in [2.45, 2.75) is 25.7 Å². The summed E-state index contributed by atoms with van der Waals surface area (Å²) in [6.07, 6.45) is 6.38. The van der Waals surface area contributed by atoms with Gasteiger partial charge >= 0.3 is 5.97 Å². The molecule has 1 aromatic heterocycles. The average molecular weight is 322 g/mol. The summed E-state index contributed by atoms with van der Waals surface area (Å²) in [5.41, 5.74) is 1.45. The minimum Gasteiger partial charge on any atom is -0.492 e. The molecule has 0 saturated heterocycles. The van der Waals surface area contributed by atoms with Crippen molar-refractivity contribution >= 4 is 5.97 Å². The maximum absolute atomic E-state index is 11.3. The Morgan fingerprint density at radius 2 is 2.12 bits per heavy atom. The number of pyridine rings is 1. The van der Waals surface area contributed by atoms with Gasteiger partial charge in [0.05, 0.1) is 23.4 Å². The van der Waals surface area contributed by atoms with E-state index in [1.807, 2.05) is 0 Å². The molecule has 1 aliphatic rings. The van der Waals surface area contributed by atoms with Gasteiger partial charge in [0.1, 0.15) is 11.8 Å². The zero-order valence-electron chi connectivity index (χ0n) is 13.2. The van der Waals surface area contributed by atoms with Gasteiger partial charge in [-0.1, -0.05) is 12.8 Å². The van der Waals surface area contributed by atoms with Gasteiger partial charge in [-0.15, -0.1) is 0 Å². The molecule has 1 saturated carbocycles. The molecule has 0 amide bonds. The third kappa shape index (κ3) is 3.38. The number of carboxylic acids is 1. The lowest BCUT2D eigenvalue weighted by Gasteiger charge is -2.13. The van der Waals surface area contributed by atoms with Gasteiger partial charge in [-0.05, 0) is 49.1 Å². The minimum atomic E-state index is -1.04. The van der Waals surface area contributed by atoms with Gasteiger partial charge in [-0.25, -0.2) is 4.79 Å². The van der Waals surface area contributed by atoms with Crippen LogP contribution in [0.15, 0.2) is 36.5 Å². The van der Waals surface area contributed by atoms with Crippen LogP contribution in [-0.4, -0.2) is 22.7 Å². The summed E-state index contributed by atoms with van der Waals surface area (Å²) in [4.78, 5) is 15.5. The Morgan fingerprint density at radius 1 is 1.33 bits per heavy atom. The Kier molecular flexibility index (Phi) is 4.76. The van der Waals surface area contributed by atoms with Gasteiger partial charge in [-0.2, -0.15) is 5.26 Å². The second-order valence-electron chi connectivity index (χ2n) is 5.99. The second kappa shape index (κ2) is 7.14.